The number of esters is 1. The monoisotopic (exact) mass is 229 g/mol. The lowest BCUT2D eigenvalue weighted by atomic mass is 10.2. The third kappa shape index (κ3) is 6.10. The summed E-state index contributed by atoms with van der Waals surface area (Å²) in [7, 11) is 0. The number of carbonyl (C=O) groups is 1. The van der Waals surface area contributed by atoms with Crippen LogP contribution in [-0.2, 0) is 16.1 Å². The molecule has 0 heterocycles. The molecule has 1 aromatic rings. The molecule has 0 atom stereocenters. The van der Waals surface area contributed by atoms with E-state index in [1.54, 1.807) is 24.4 Å². The van der Waals surface area contributed by atoms with Gasteiger partial charge in [-0.05, 0) is 11.6 Å². The Labute approximate surface area is 101 Å². The van der Waals surface area contributed by atoms with Crippen LogP contribution in [0.5, 0.6) is 0 Å². The first-order chi connectivity index (χ1) is 8.33. The molecular weight excluding hydrogens is 214 g/mol. The molecule has 0 saturated carbocycles. The lowest BCUT2D eigenvalue weighted by molar-refractivity contribution is -0.143. The number of benzene rings is 1. The second-order valence-corrected chi connectivity index (χ2v) is 3.26. The highest BCUT2D eigenvalue weighted by Gasteiger charge is 2.00. The van der Waals surface area contributed by atoms with Crippen LogP contribution in [-0.4, -0.2) is 18.7 Å². The molecule has 3 nitrogen and oxygen atoms in total. The molecule has 0 aliphatic carbocycles. The number of aliphatic imine (C=N–C) groups is 1. The van der Waals surface area contributed by atoms with E-state index >= 15 is 0 Å². The summed E-state index contributed by atoms with van der Waals surface area (Å²) in [6, 6.07) is 9.54. The summed E-state index contributed by atoms with van der Waals surface area (Å²) in [5, 5.41) is 0. The topological polar surface area (TPSA) is 38.7 Å². The summed E-state index contributed by atoms with van der Waals surface area (Å²) < 4.78 is 5.04. The molecule has 17 heavy (non-hydrogen) atoms. The van der Waals surface area contributed by atoms with Gasteiger partial charge in [-0.25, -0.2) is 0 Å². The summed E-state index contributed by atoms with van der Waals surface area (Å²) >= 11 is 0. The zero-order valence-corrected chi connectivity index (χ0v) is 9.58. The van der Waals surface area contributed by atoms with E-state index in [1.807, 2.05) is 30.3 Å². The molecule has 0 unspecified atom stereocenters. The number of ether oxygens (including phenoxy) is 1. The van der Waals surface area contributed by atoms with Crippen molar-refractivity contribution in [1.82, 2.24) is 0 Å². The quantitative estimate of drug-likeness (QED) is 0.427. The second-order valence-electron chi connectivity index (χ2n) is 3.26. The molecule has 0 radical (unpaired) electrons. The Balaban J connectivity index is 2.24. The molecular formula is C14H15NO2. The predicted octanol–water partition coefficient (Wildman–Crippen LogP) is 2.54. The molecule has 0 aromatic heterocycles. The third-order valence-corrected chi connectivity index (χ3v) is 1.90. The fourth-order valence-electron chi connectivity index (χ4n) is 1.10. The van der Waals surface area contributed by atoms with Crippen molar-refractivity contribution in [2.75, 3.05) is 6.54 Å². The van der Waals surface area contributed by atoms with Gasteiger partial charge in [0.2, 0.25) is 0 Å². The number of rotatable bonds is 6. The molecule has 0 N–H and O–H groups in total. The van der Waals surface area contributed by atoms with Crippen molar-refractivity contribution < 1.29 is 9.53 Å². The number of nitrogens with zero attached hydrogens (tertiary/aromatic N) is 1. The minimum Gasteiger partial charge on any atom is -0.459 e. The molecule has 88 valence electrons. The van der Waals surface area contributed by atoms with Crippen molar-refractivity contribution in [2.45, 2.75) is 6.61 Å². The lowest BCUT2D eigenvalue weighted by Crippen LogP contribution is -2.07. The molecule has 0 spiro atoms. The average molecular weight is 229 g/mol. The maximum Gasteiger partial charge on any atom is 0.328 e. The summed E-state index contributed by atoms with van der Waals surface area (Å²) in [6.45, 7) is 3.84. The Morgan fingerprint density at radius 3 is 2.76 bits per heavy atom. The molecule has 0 fully saturated rings. The first-order valence-electron chi connectivity index (χ1n) is 5.30. The SMILES string of the molecule is C=C/C=C\C=NCC(=O)OCc1ccccc1. The van der Waals surface area contributed by atoms with Crippen LogP contribution < -0.4 is 0 Å². The zero-order chi connectivity index (χ0) is 12.3. The molecule has 0 aliphatic rings. The summed E-state index contributed by atoms with van der Waals surface area (Å²) in [6.07, 6.45) is 6.63. The van der Waals surface area contributed by atoms with E-state index in [4.69, 9.17) is 4.74 Å². The summed E-state index contributed by atoms with van der Waals surface area (Å²) in [4.78, 5) is 15.2. The van der Waals surface area contributed by atoms with Crippen molar-refractivity contribution in [3.05, 3.63) is 60.7 Å². The van der Waals surface area contributed by atoms with Crippen molar-refractivity contribution >= 4 is 12.2 Å². The molecule has 3 heteroatoms. The Morgan fingerprint density at radius 2 is 2.06 bits per heavy atom. The van der Waals surface area contributed by atoms with Crippen LogP contribution in [0.4, 0.5) is 0 Å². The maximum atomic E-state index is 11.3. The van der Waals surface area contributed by atoms with Gasteiger partial charge in [-0.3, -0.25) is 9.79 Å². The van der Waals surface area contributed by atoms with Crippen LogP contribution in [0.1, 0.15) is 5.56 Å². The van der Waals surface area contributed by atoms with E-state index in [9.17, 15) is 4.79 Å². The van der Waals surface area contributed by atoms with Crippen molar-refractivity contribution in [2.24, 2.45) is 4.99 Å². The number of hydrogen-bond acceptors (Lipinski definition) is 3. The van der Waals surface area contributed by atoms with Gasteiger partial charge in [-0.15, -0.1) is 0 Å². The fraction of sp³-hybridized carbons (Fsp3) is 0.143. The van der Waals surface area contributed by atoms with Crippen LogP contribution in [0.3, 0.4) is 0 Å². The van der Waals surface area contributed by atoms with Gasteiger partial charge in [0.1, 0.15) is 13.2 Å². The van der Waals surface area contributed by atoms with Crippen molar-refractivity contribution in [3.8, 4) is 0 Å². The van der Waals surface area contributed by atoms with Gasteiger partial charge in [-0.1, -0.05) is 49.1 Å². The maximum absolute atomic E-state index is 11.3. The van der Waals surface area contributed by atoms with E-state index in [0.29, 0.717) is 0 Å². The normalized spacial score (nSPS) is 10.8. The van der Waals surface area contributed by atoms with E-state index in [0.717, 1.165) is 5.56 Å². The summed E-state index contributed by atoms with van der Waals surface area (Å²) in [5.74, 6) is -0.336. The van der Waals surface area contributed by atoms with Gasteiger partial charge in [-0.2, -0.15) is 0 Å². The smallest absolute Gasteiger partial charge is 0.328 e. The molecule has 1 rings (SSSR count). The minimum absolute atomic E-state index is 0.0360. The number of allylic oxidation sites excluding steroid dienone is 3. The number of carbonyl (C=O) groups excluding carboxylic acids is 1. The van der Waals surface area contributed by atoms with Crippen LogP contribution in [0, 0.1) is 0 Å². The van der Waals surface area contributed by atoms with Crippen LogP contribution in [0.2, 0.25) is 0 Å². The highest BCUT2D eigenvalue weighted by molar-refractivity contribution is 5.77. The summed E-state index contributed by atoms with van der Waals surface area (Å²) in [5.41, 5.74) is 0.969. The van der Waals surface area contributed by atoms with Crippen molar-refractivity contribution in [1.29, 1.82) is 0 Å². The number of hydrogen-bond donors (Lipinski definition) is 0. The Bertz CT molecular complexity index is 407. The first-order valence-corrected chi connectivity index (χ1v) is 5.30. The van der Waals surface area contributed by atoms with Crippen molar-refractivity contribution in [3.63, 3.8) is 0 Å². The average Bonchev–Trinajstić information content (AvgIpc) is 2.37. The van der Waals surface area contributed by atoms with E-state index in [-0.39, 0.29) is 19.1 Å². The van der Waals surface area contributed by atoms with E-state index < -0.39 is 0 Å². The molecule has 1 aromatic carbocycles. The predicted molar refractivity (Wildman–Crippen MR) is 68.9 cm³/mol. The van der Waals surface area contributed by atoms with Crippen LogP contribution in [0.15, 0.2) is 60.1 Å². The van der Waals surface area contributed by atoms with Gasteiger partial charge in [0.05, 0.1) is 0 Å². The van der Waals surface area contributed by atoms with Gasteiger partial charge < -0.3 is 4.74 Å². The molecule has 0 bridgehead atoms. The van der Waals surface area contributed by atoms with Crippen LogP contribution >= 0.6 is 0 Å². The van der Waals surface area contributed by atoms with Crippen LogP contribution in [0.25, 0.3) is 0 Å². The highest BCUT2D eigenvalue weighted by atomic mass is 16.5. The lowest BCUT2D eigenvalue weighted by Gasteiger charge is -2.02. The van der Waals surface area contributed by atoms with Gasteiger partial charge in [0, 0.05) is 6.21 Å². The van der Waals surface area contributed by atoms with E-state index in [2.05, 4.69) is 11.6 Å². The largest absolute Gasteiger partial charge is 0.459 e. The molecule has 0 amide bonds. The third-order valence-electron chi connectivity index (χ3n) is 1.90. The Morgan fingerprint density at radius 1 is 1.29 bits per heavy atom. The van der Waals surface area contributed by atoms with E-state index in [1.165, 1.54) is 0 Å². The zero-order valence-electron chi connectivity index (χ0n) is 9.58. The van der Waals surface area contributed by atoms with Gasteiger partial charge in [0.25, 0.3) is 0 Å². The van der Waals surface area contributed by atoms with Gasteiger partial charge in [0.15, 0.2) is 0 Å². The second kappa shape index (κ2) is 8.05. The fourth-order valence-corrected chi connectivity index (χ4v) is 1.10. The molecule has 0 saturated heterocycles. The minimum atomic E-state index is -0.336. The Kier molecular flexibility index (Phi) is 6.11. The Hall–Kier alpha value is -2.16. The first kappa shape index (κ1) is 12.9. The van der Waals surface area contributed by atoms with Gasteiger partial charge >= 0.3 is 5.97 Å². The standard InChI is InChI=1S/C14H15NO2/c1-2-3-7-10-15-11-14(16)17-12-13-8-5-4-6-9-13/h2-10H,1,11-12H2/b7-3-,15-10?. The molecule has 0 aliphatic heterocycles. The highest BCUT2D eigenvalue weighted by Crippen LogP contribution is 2.00.